The topological polar surface area (TPSA) is 119 Å². The molecule has 5 rings (SSSR count). The molecule has 4 fully saturated rings. The summed E-state index contributed by atoms with van der Waals surface area (Å²) >= 11 is 0. The summed E-state index contributed by atoms with van der Waals surface area (Å²) in [5.41, 5.74) is -2.76. The third-order valence-corrected chi connectivity index (χ3v) is 14.1. The molecule has 0 aliphatic heterocycles. The molecule has 0 spiro atoms. The second kappa shape index (κ2) is 10.0. The number of ether oxygens (including phenoxy) is 3. The first-order chi connectivity index (χ1) is 19.7. The van der Waals surface area contributed by atoms with Crippen LogP contribution in [0.25, 0.3) is 0 Å². The number of rotatable bonds is 3. The SMILES string of the molecule is COC(=O)[C@]12CC[C@@H](C)[C@@](C)(O)[C@H]1C1=C[C@@H](OC(C)=O)[C@@H]3[C@@]4(C)C[C@@H](OC(C)=O)[C@H](O)C(C)(C)[C@@H]4CC[C@@]3(C)[C@]1(C)CC2. The number of aliphatic hydroxyl groups is 2. The third kappa shape index (κ3) is 4.24. The summed E-state index contributed by atoms with van der Waals surface area (Å²) in [4.78, 5) is 38.6. The first-order valence-electron chi connectivity index (χ1n) is 16.3. The highest BCUT2D eigenvalue weighted by atomic mass is 16.6. The lowest BCUT2D eigenvalue weighted by molar-refractivity contribution is -0.257. The zero-order chi connectivity index (χ0) is 32.1. The molecule has 5 aliphatic rings. The van der Waals surface area contributed by atoms with Gasteiger partial charge in [0.05, 0.1) is 24.2 Å². The van der Waals surface area contributed by atoms with Crippen LogP contribution in [0.5, 0.6) is 0 Å². The first-order valence-corrected chi connectivity index (χ1v) is 16.3. The van der Waals surface area contributed by atoms with Crippen LogP contribution in [0.2, 0.25) is 0 Å². The summed E-state index contributed by atoms with van der Waals surface area (Å²) in [5.74, 6) is -1.64. The van der Waals surface area contributed by atoms with Gasteiger partial charge < -0.3 is 24.4 Å². The number of carbonyl (C=O) groups is 3. The van der Waals surface area contributed by atoms with Crippen molar-refractivity contribution in [2.75, 3.05) is 7.11 Å². The Morgan fingerprint density at radius 3 is 2.12 bits per heavy atom. The average molecular weight is 603 g/mol. The maximum Gasteiger partial charge on any atom is 0.312 e. The monoisotopic (exact) mass is 602 g/mol. The summed E-state index contributed by atoms with van der Waals surface area (Å²) in [7, 11) is 1.43. The van der Waals surface area contributed by atoms with E-state index in [1.165, 1.54) is 21.0 Å². The van der Waals surface area contributed by atoms with Crippen LogP contribution in [0.15, 0.2) is 11.6 Å². The van der Waals surface area contributed by atoms with Crippen molar-refractivity contribution in [3.05, 3.63) is 11.6 Å². The largest absolute Gasteiger partial charge is 0.469 e. The van der Waals surface area contributed by atoms with Gasteiger partial charge in [-0.1, -0.05) is 47.1 Å². The highest BCUT2D eigenvalue weighted by molar-refractivity contribution is 5.79. The number of hydrogen-bond acceptors (Lipinski definition) is 8. The summed E-state index contributed by atoms with van der Waals surface area (Å²) in [6, 6.07) is 0. The summed E-state index contributed by atoms with van der Waals surface area (Å²) in [5, 5.41) is 23.7. The van der Waals surface area contributed by atoms with Crippen molar-refractivity contribution >= 4 is 17.9 Å². The number of aliphatic hydroxyl groups excluding tert-OH is 1. The zero-order valence-corrected chi connectivity index (χ0v) is 27.9. The van der Waals surface area contributed by atoms with E-state index in [2.05, 4.69) is 47.6 Å². The van der Waals surface area contributed by atoms with Gasteiger partial charge in [0.1, 0.15) is 12.2 Å². The standard InChI is InChI=1S/C35H54O8/c1-19-11-14-35(29(39)41-10)16-15-32(7)22(26(35)34(19,9)40)17-23(42-20(2)36)27-31(6)18-24(43-21(3)37)28(38)30(4,5)25(31)12-13-33(27,32)8/h17,19,23-28,38,40H,11-16,18H2,1-10H3/t19-,23-,24-,25+,26-,27-,28+,31+,32-,33-,34-,35+/m1/s1. The quantitative estimate of drug-likeness (QED) is 0.251. The maximum atomic E-state index is 13.7. The van der Waals surface area contributed by atoms with Gasteiger partial charge in [-0.05, 0) is 91.4 Å². The number of esters is 3. The van der Waals surface area contributed by atoms with Gasteiger partial charge >= 0.3 is 17.9 Å². The number of carbonyl (C=O) groups excluding carboxylic acids is 3. The molecule has 0 aromatic carbocycles. The van der Waals surface area contributed by atoms with Gasteiger partial charge in [-0.25, -0.2) is 0 Å². The number of hydrogen-bond donors (Lipinski definition) is 2. The molecule has 0 heterocycles. The molecule has 242 valence electrons. The predicted octanol–water partition coefficient (Wildman–Crippen LogP) is 5.38. The fourth-order valence-electron chi connectivity index (χ4n) is 11.8. The fourth-order valence-corrected chi connectivity index (χ4v) is 11.8. The van der Waals surface area contributed by atoms with Gasteiger partial charge in [0.2, 0.25) is 0 Å². The van der Waals surface area contributed by atoms with Crippen LogP contribution in [0.1, 0.15) is 107 Å². The van der Waals surface area contributed by atoms with E-state index in [0.717, 1.165) is 31.3 Å². The van der Waals surface area contributed by atoms with E-state index in [-0.39, 0.29) is 35.1 Å². The Labute approximate surface area is 257 Å². The van der Waals surface area contributed by atoms with E-state index in [4.69, 9.17) is 14.2 Å². The Balaban J connectivity index is 1.74. The minimum Gasteiger partial charge on any atom is -0.469 e. The molecule has 43 heavy (non-hydrogen) atoms. The molecule has 0 aromatic heterocycles. The average Bonchev–Trinajstić information content (AvgIpc) is 2.89. The van der Waals surface area contributed by atoms with Crippen LogP contribution >= 0.6 is 0 Å². The molecule has 0 amide bonds. The molecule has 8 heteroatoms. The second-order valence-electron chi connectivity index (χ2n) is 16.4. The van der Waals surface area contributed by atoms with Crippen LogP contribution in [0.3, 0.4) is 0 Å². The highest BCUT2D eigenvalue weighted by Gasteiger charge is 2.74. The van der Waals surface area contributed by atoms with Crippen LogP contribution in [-0.4, -0.2) is 59.1 Å². The van der Waals surface area contributed by atoms with E-state index in [1.54, 1.807) is 0 Å². The summed E-state index contributed by atoms with van der Waals surface area (Å²) in [6.45, 7) is 17.7. The molecular formula is C35H54O8. The van der Waals surface area contributed by atoms with Crippen molar-refractivity contribution in [3.8, 4) is 0 Å². The lowest BCUT2D eigenvalue weighted by Gasteiger charge is -2.72. The van der Waals surface area contributed by atoms with Gasteiger partial charge in [-0.2, -0.15) is 0 Å². The van der Waals surface area contributed by atoms with Crippen LogP contribution in [0.4, 0.5) is 0 Å². The molecule has 2 N–H and O–H groups in total. The normalized spacial score (nSPS) is 50.0. The Hall–Kier alpha value is -1.93. The number of methoxy groups -OCH3 is 1. The van der Waals surface area contributed by atoms with Crippen LogP contribution < -0.4 is 0 Å². The van der Waals surface area contributed by atoms with E-state index >= 15 is 0 Å². The van der Waals surface area contributed by atoms with E-state index in [0.29, 0.717) is 19.3 Å². The van der Waals surface area contributed by atoms with Gasteiger partial charge in [-0.15, -0.1) is 0 Å². The van der Waals surface area contributed by atoms with Crippen molar-refractivity contribution in [1.29, 1.82) is 0 Å². The van der Waals surface area contributed by atoms with Crippen molar-refractivity contribution in [2.45, 2.75) is 131 Å². The lowest BCUT2D eigenvalue weighted by Crippen LogP contribution is -2.71. The summed E-state index contributed by atoms with van der Waals surface area (Å²) < 4.78 is 17.5. The van der Waals surface area contributed by atoms with Crippen LogP contribution in [-0.2, 0) is 28.6 Å². The smallest absolute Gasteiger partial charge is 0.312 e. The Morgan fingerprint density at radius 2 is 1.53 bits per heavy atom. The molecular weight excluding hydrogens is 548 g/mol. The third-order valence-electron chi connectivity index (χ3n) is 14.1. The molecule has 0 saturated heterocycles. The molecule has 0 unspecified atom stereocenters. The van der Waals surface area contributed by atoms with Crippen molar-refractivity contribution in [3.63, 3.8) is 0 Å². The molecule has 8 nitrogen and oxygen atoms in total. The minimum atomic E-state index is -1.16. The highest BCUT2D eigenvalue weighted by Crippen LogP contribution is 2.76. The Kier molecular flexibility index (Phi) is 7.58. The molecule has 0 aromatic rings. The van der Waals surface area contributed by atoms with Crippen molar-refractivity contribution in [2.24, 2.45) is 50.7 Å². The van der Waals surface area contributed by atoms with Gasteiger partial charge in [0.15, 0.2) is 0 Å². The van der Waals surface area contributed by atoms with Gasteiger partial charge in [-0.3, -0.25) is 14.4 Å². The van der Waals surface area contributed by atoms with Gasteiger partial charge in [0, 0.05) is 25.7 Å². The molecule has 4 saturated carbocycles. The summed E-state index contributed by atoms with van der Waals surface area (Å²) in [6.07, 6.45) is 4.88. The molecule has 0 radical (unpaired) electrons. The minimum absolute atomic E-state index is 0.0328. The molecule has 5 aliphatic carbocycles. The van der Waals surface area contributed by atoms with Crippen LogP contribution in [0, 0.1) is 50.7 Å². The van der Waals surface area contributed by atoms with Crippen molar-refractivity contribution in [1.82, 2.24) is 0 Å². The van der Waals surface area contributed by atoms with E-state index in [1.807, 2.05) is 6.92 Å². The Bertz CT molecular complexity index is 1220. The van der Waals surface area contributed by atoms with Crippen molar-refractivity contribution < 1.29 is 38.8 Å². The Morgan fingerprint density at radius 1 is 0.907 bits per heavy atom. The maximum absolute atomic E-state index is 13.7. The second-order valence-corrected chi connectivity index (χ2v) is 16.4. The van der Waals surface area contributed by atoms with E-state index in [9.17, 15) is 24.6 Å². The molecule has 0 bridgehead atoms. The van der Waals surface area contributed by atoms with Gasteiger partial charge in [0.25, 0.3) is 0 Å². The fraction of sp³-hybridized carbons (Fsp3) is 0.857. The van der Waals surface area contributed by atoms with E-state index < -0.39 is 57.5 Å². The zero-order valence-electron chi connectivity index (χ0n) is 27.9. The first kappa shape index (κ1) is 32.5. The molecule has 12 atom stereocenters. The lowest BCUT2D eigenvalue weighted by atomic mass is 9.32. The number of fused-ring (bicyclic) bond motifs is 7. The predicted molar refractivity (Wildman–Crippen MR) is 160 cm³/mol.